The minimum absolute atomic E-state index is 0.777. The molecule has 19 heavy (non-hydrogen) atoms. The predicted octanol–water partition coefficient (Wildman–Crippen LogP) is 5.17. The van der Waals surface area contributed by atoms with Gasteiger partial charge in [-0.05, 0) is 59.7 Å². The Labute approximate surface area is 128 Å². The van der Waals surface area contributed by atoms with E-state index in [1.54, 1.807) is 0 Å². The Morgan fingerprint density at radius 3 is 2.32 bits per heavy atom. The van der Waals surface area contributed by atoms with Gasteiger partial charge in [0.25, 0.3) is 0 Å². The minimum Gasteiger partial charge on any atom is -0.381 e. The van der Waals surface area contributed by atoms with E-state index in [1.807, 2.05) is 6.08 Å². The molecule has 0 aromatic heterocycles. The molecule has 0 aliphatic rings. The Bertz CT molecular complexity index is 582. The maximum absolute atomic E-state index is 3.77. The van der Waals surface area contributed by atoms with Crippen LogP contribution in [-0.2, 0) is 0 Å². The fourth-order valence-electron chi connectivity index (χ4n) is 2.28. The summed E-state index contributed by atoms with van der Waals surface area (Å²) in [5, 5.41) is 3.44. The lowest BCUT2D eigenvalue weighted by Crippen LogP contribution is -2.02. The first-order valence-corrected chi connectivity index (χ1v) is 7.43. The smallest absolute Gasteiger partial charge is 0.0425 e. The topological polar surface area (TPSA) is 12.0 Å². The zero-order valence-corrected chi connectivity index (χ0v) is 13.5. The van der Waals surface area contributed by atoms with Gasteiger partial charge in [-0.2, -0.15) is 0 Å². The van der Waals surface area contributed by atoms with Gasteiger partial charge in [-0.25, -0.2) is 0 Å². The number of rotatable bonds is 4. The Morgan fingerprint density at radius 1 is 1.05 bits per heavy atom. The largest absolute Gasteiger partial charge is 0.381 e. The van der Waals surface area contributed by atoms with E-state index in [0.29, 0.717) is 0 Å². The highest BCUT2D eigenvalue weighted by molar-refractivity contribution is 14.1. The number of halogens is 1. The first kappa shape index (κ1) is 14.1. The molecule has 2 aromatic rings. The van der Waals surface area contributed by atoms with Crippen molar-refractivity contribution in [3.8, 4) is 11.1 Å². The summed E-state index contributed by atoms with van der Waals surface area (Å²) in [5.41, 5.74) is 6.40. The lowest BCUT2D eigenvalue weighted by atomic mass is 9.95. The van der Waals surface area contributed by atoms with Crippen LogP contribution in [0.5, 0.6) is 0 Å². The summed E-state index contributed by atoms with van der Waals surface area (Å²) in [7, 11) is 0. The molecule has 0 aliphatic heterocycles. The highest BCUT2D eigenvalue weighted by Crippen LogP contribution is 2.36. The van der Waals surface area contributed by atoms with Crippen LogP contribution in [0.4, 0.5) is 5.69 Å². The van der Waals surface area contributed by atoms with Gasteiger partial charge in [0.05, 0.1) is 0 Å². The highest BCUT2D eigenvalue weighted by atomic mass is 127. The van der Waals surface area contributed by atoms with Crippen molar-refractivity contribution in [2.75, 3.05) is 11.9 Å². The Balaban J connectivity index is 2.63. The zero-order chi connectivity index (χ0) is 13.8. The van der Waals surface area contributed by atoms with Crippen molar-refractivity contribution < 1.29 is 0 Å². The zero-order valence-electron chi connectivity index (χ0n) is 11.3. The minimum atomic E-state index is 0.777. The second-order valence-electron chi connectivity index (χ2n) is 4.60. The molecule has 0 saturated heterocycles. The van der Waals surface area contributed by atoms with Crippen LogP contribution in [0, 0.1) is 17.4 Å². The van der Waals surface area contributed by atoms with Crippen molar-refractivity contribution in [2.24, 2.45) is 0 Å². The van der Waals surface area contributed by atoms with E-state index in [0.717, 1.165) is 6.54 Å². The van der Waals surface area contributed by atoms with Crippen molar-refractivity contribution in [1.29, 1.82) is 0 Å². The number of aryl methyl sites for hydroxylation is 2. The first-order valence-electron chi connectivity index (χ1n) is 6.35. The summed E-state index contributed by atoms with van der Waals surface area (Å²) in [6, 6.07) is 12.8. The third-order valence-electron chi connectivity index (χ3n) is 3.18. The summed E-state index contributed by atoms with van der Waals surface area (Å²) in [6.07, 6.45) is 1.88. The molecule has 2 aromatic carbocycles. The second kappa shape index (κ2) is 6.24. The maximum atomic E-state index is 3.77. The molecule has 1 N–H and O–H groups in total. The maximum Gasteiger partial charge on any atom is 0.0425 e. The summed E-state index contributed by atoms with van der Waals surface area (Å²) < 4.78 is 1.29. The van der Waals surface area contributed by atoms with Gasteiger partial charge in [-0.3, -0.25) is 0 Å². The fraction of sp³-hybridized carbons (Fsp3) is 0.176. The number of nitrogens with one attached hydrogen (secondary N) is 1. The summed E-state index contributed by atoms with van der Waals surface area (Å²) in [5.74, 6) is 0. The summed E-state index contributed by atoms with van der Waals surface area (Å²) >= 11 is 2.41. The van der Waals surface area contributed by atoms with E-state index in [4.69, 9.17) is 0 Å². The summed E-state index contributed by atoms with van der Waals surface area (Å²) in [4.78, 5) is 0. The molecule has 0 saturated carbocycles. The average molecular weight is 363 g/mol. The van der Waals surface area contributed by atoms with Crippen LogP contribution < -0.4 is 5.32 Å². The molecule has 0 atom stereocenters. The van der Waals surface area contributed by atoms with Gasteiger partial charge in [-0.15, -0.1) is 6.58 Å². The summed E-state index contributed by atoms with van der Waals surface area (Å²) in [6.45, 7) is 8.88. The van der Waals surface area contributed by atoms with E-state index < -0.39 is 0 Å². The van der Waals surface area contributed by atoms with Gasteiger partial charge in [0, 0.05) is 26.9 Å². The molecule has 0 unspecified atom stereocenters. The number of benzene rings is 2. The number of hydrogen-bond donors (Lipinski definition) is 1. The molecule has 98 valence electrons. The third-order valence-corrected chi connectivity index (χ3v) is 4.08. The monoisotopic (exact) mass is 363 g/mol. The van der Waals surface area contributed by atoms with Gasteiger partial charge in [0.15, 0.2) is 0 Å². The van der Waals surface area contributed by atoms with Crippen LogP contribution in [0.25, 0.3) is 11.1 Å². The van der Waals surface area contributed by atoms with Gasteiger partial charge in [0.1, 0.15) is 0 Å². The van der Waals surface area contributed by atoms with E-state index >= 15 is 0 Å². The Kier molecular flexibility index (Phi) is 4.64. The van der Waals surface area contributed by atoms with E-state index in [-0.39, 0.29) is 0 Å². The van der Waals surface area contributed by atoms with Crippen molar-refractivity contribution >= 4 is 28.3 Å². The SMILES string of the molecule is C=CCNc1cccc(C)c1-c1c(C)cccc1I. The molecule has 0 amide bonds. The van der Waals surface area contributed by atoms with Crippen LogP contribution in [-0.4, -0.2) is 6.54 Å². The Hall–Kier alpha value is -1.29. The average Bonchev–Trinajstić information content (AvgIpc) is 2.38. The molecule has 0 heterocycles. The second-order valence-corrected chi connectivity index (χ2v) is 5.76. The van der Waals surface area contributed by atoms with Crippen molar-refractivity contribution in [2.45, 2.75) is 13.8 Å². The normalized spacial score (nSPS) is 10.3. The van der Waals surface area contributed by atoms with Gasteiger partial charge in [-0.1, -0.05) is 30.3 Å². The molecule has 0 radical (unpaired) electrons. The predicted molar refractivity (Wildman–Crippen MR) is 92.8 cm³/mol. The first-order chi connectivity index (χ1) is 9.15. The van der Waals surface area contributed by atoms with Crippen molar-refractivity contribution in [3.05, 3.63) is 63.8 Å². The van der Waals surface area contributed by atoms with Crippen LogP contribution in [0.3, 0.4) is 0 Å². The molecule has 0 bridgehead atoms. The molecular formula is C17H18IN. The molecular weight excluding hydrogens is 345 g/mol. The molecule has 0 spiro atoms. The fourth-order valence-corrected chi connectivity index (χ4v) is 3.18. The molecule has 1 nitrogen and oxygen atoms in total. The lowest BCUT2D eigenvalue weighted by Gasteiger charge is -2.17. The van der Waals surface area contributed by atoms with Crippen molar-refractivity contribution in [1.82, 2.24) is 0 Å². The standard InChI is InChI=1S/C17H18IN/c1-4-11-19-15-10-6-8-13(3)17(15)16-12(2)7-5-9-14(16)18/h4-10,19H,1,11H2,2-3H3. The molecule has 0 aliphatic carbocycles. The van der Waals surface area contributed by atoms with Crippen LogP contribution in [0.2, 0.25) is 0 Å². The number of hydrogen-bond acceptors (Lipinski definition) is 1. The molecule has 2 heteroatoms. The third kappa shape index (κ3) is 3.00. The van der Waals surface area contributed by atoms with Crippen LogP contribution in [0.15, 0.2) is 49.1 Å². The quantitative estimate of drug-likeness (QED) is 0.584. The van der Waals surface area contributed by atoms with Crippen LogP contribution in [0.1, 0.15) is 11.1 Å². The molecule has 2 rings (SSSR count). The van der Waals surface area contributed by atoms with Crippen LogP contribution >= 0.6 is 22.6 Å². The lowest BCUT2D eigenvalue weighted by molar-refractivity contribution is 1.31. The van der Waals surface area contributed by atoms with E-state index in [9.17, 15) is 0 Å². The number of anilines is 1. The Morgan fingerprint density at radius 2 is 1.68 bits per heavy atom. The molecule has 0 fully saturated rings. The van der Waals surface area contributed by atoms with Gasteiger partial charge >= 0.3 is 0 Å². The van der Waals surface area contributed by atoms with Gasteiger partial charge < -0.3 is 5.32 Å². The van der Waals surface area contributed by atoms with E-state index in [2.05, 4.69) is 84.7 Å². The van der Waals surface area contributed by atoms with E-state index in [1.165, 1.54) is 31.5 Å². The van der Waals surface area contributed by atoms with Gasteiger partial charge in [0.2, 0.25) is 0 Å². The van der Waals surface area contributed by atoms with Crippen molar-refractivity contribution in [3.63, 3.8) is 0 Å². The highest BCUT2D eigenvalue weighted by Gasteiger charge is 2.12.